The molecule has 1 heterocycles. The first-order chi connectivity index (χ1) is 14.7. The largest absolute Gasteiger partial charge is 0.493 e. The SMILES string of the molecule is CCNC(=NCc1cc(OC)c(OCC)c(OC)c1)NCCCN1CCCCCC1.I. The zero-order chi connectivity index (χ0) is 21.6. The van der Waals surface area contributed by atoms with Gasteiger partial charge in [0.1, 0.15) is 0 Å². The van der Waals surface area contributed by atoms with Crippen molar-refractivity contribution in [2.24, 2.45) is 4.99 Å². The maximum Gasteiger partial charge on any atom is 0.203 e. The van der Waals surface area contributed by atoms with Crippen LogP contribution in [0.3, 0.4) is 0 Å². The Hall–Kier alpha value is -1.42. The number of nitrogens with one attached hydrogen (secondary N) is 2. The number of hydrogen-bond acceptors (Lipinski definition) is 5. The lowest BCUT2D eigenvalue weighted by Gasteiger charge is -2.20. The Morgan fingerprint density at radius 2 is 1.65 bits per heavy atom. The van der Waals surface area contributed by atoms with E-state index in [1.54, 1.807) is 14.2 Å². The summed E-state index contributed by atoms with van der Waals surface area (Å²) in [6.07, 6.45) is 6.56. The summed E-state index contributed by atoms with van der Waals surface area (Å²) in [5.74, 6) is 2.79. The molecule has 1 fully saturated rings. The van der Waals surface area contributed by atoms with Gasteiger partial charge in [-0.2, -0.15) is 0 Å². The molecule has 8 heteroatoms. The van der Waals surface area contributed by atoms with Gasteiger partial charge in [-0.3, -0.25) is 0 Å². The lowest BCUT2D eigenvalue weighted by Crippen LogP contribution is -2.39. The average Bonchev–Trinajstić information content (AvgIpc) is 3.04. The molecule has 1 aliphatic heterocycles. The number of guanidine groups is 1. The van der Waals surface area contributed by atoms with Crippen molar-refractivity contribution in [3.8, 4) is 17.2 Å². The van der Waals surface area contributed by atoms with E-state index in [1.165, 1.54) is 38.8 Å². The number of benzene rings is 1. The van der Waals surface area contributed by atoms with Gasteiger partial charge in [-0.25, -0.2) is 4.99 Å². The van der Waals surface area contributed by atoms with Crippen LogP contribution in [0.1, 0.15) is 51.5 Å². The van der Waals surface area contributed by atoms with Crippen molar-refractivity contribution < 1.29 is 14.2 Å². The van der Waals surface area contributed by atoms with E-state index >= 15 is 0 Å². The Kier molecular flexibility index (Phi) is 14.5. The molecule has 0 amide bonds. The molecule has 7 nitrogen and oxygen atoms in total. The van der Waals surface area contributed by atoms with Gasteiger partial charge >= 0.3 is 0 Å². The summed E-state index contributed by atoms with van der Waals surface area (Å²) >= 11 is 0. The molecule has 0 aliphatic carbocycles. The summed E-state index contributed by atoms with van der Waals surface area (Å²) < 4.78 is 16.7. The van der Waals surface area contributed by atoms with Crippen molar-refractivity contribution in [3.63, 3.8) is 0 Å². The highest BCUT2D eigenvalue weighted by atomic mass is 127. The zero-order valence-corrected chi connectivity index (χ0v) is 22.0. The highest BCUT2D eigenvalue weighted by Crippen LogP contribution is 2.38. The van der Waals surface area contributed by atoms with Crippen LogP contribution in [0, 0.1) is 0 Å². The second-order valence-electron chi connectivity index (χ2n) is 7.49. The third-order valence-electron chi connectivity index (χ3n) is 5.22. The summed E-state index contributed by atoms with van der Waals surface area (Å²) in [6, 6.07) is 3.92. The van der Waals surface area contributed by atoms with E-state index in [4.69, 9.17) is 19.2 Å². The summed E-state index contributed by atoms with van der Waals surface area (Å²) in [5.41, 5.74) is 1.01. The number of nitrogens with zero attached hydrogens (tertiary/aromatic N) is 2. The zero-order valence-electron chi connectivity index (χ0n) is 19.7. The van der Waals surface area contributed by atoms with Crippen molar-refractivity contribution in [2.45, 2.75) is 52.5 Å². The van der Waals surface area contributed by atoms with Crippen LogP contribution < -0.4 is 24.8 Å². The van der Waals surface area contributed by atoms with Crippen molar-refractivity contribution in [2.75, 3.05) is 53.6 Å². The fourth-order valence-corrected chi connectivity index (χ4v) is 3.69. The number of likely N-dealkylation sites (tertiary alicyclic amines) is 1. The van der Waals surface area contributed by atoms with Crippen LogP contribution in [-0.2, 0) is 6.54 Å². The monoisotopic (exact) mass is 548 g/mol. The number of halogens is 1. The normalized spacial score (nSPS) is 14.9. The molecule has 0 bridgehead atoms. The van der Waals surface area contributed by atoms with Crippen LogP contribution in [0.15, 0.2) is 17.1 Å². The Labute approximate surface area is 205 Å². The molecule has 1 aromatic rings. The van der Waals surface area contributed by atoms with Gasteiger partial charge in [-0.05, 0) is 70.4 Å². The first kappa shape index (κ1) is 27.6. The molecule has 2 N–H and O–H groups in total. The minimum Gasteiger partial charge on any atom is -0.493 e. The van der Waals surface area contributed by atoms with Crippen LogP contribution >= 0.6 is 24.0 Å². The Bertz CT molecular complexity index is 625. The van der Waals surface area contributed by atoms with Crippen LogP contribution in [0.4, 0.5) is 0 Å². The Morgan fingerprint density at radius 3 is 2.19 bits per heavy atom. The molecule has 0 saturated carbocycles. The van der Waals surface area contributed by atoms with Crippen LogP contribution in [0.5, 0.6) is 17.2 Å². The lowest BCUT2D eigenvalue weighted by atomic mass is 10.2. The maximum absolute atomic E-state index is 5.68. The topological polar surface area (TPSA) is 67.4 Å². The fraction of sp³-hybridized carbons (Fsp3) is 0.696. The van der Waals surface area contributed by atoms with Crippen LogP contribution in [0.2, 0.25) is 0 Å². The number of rotatable bonds is 11. The molecular formula is C23H41IN4O3. The Balaban J connectivity index is 0.00000480. The Morgan fingerprint density at radius 1 is 1.00 bits per heavy atom. The van der Waals surface area contributed by atoms with E-state index in [0.29, 0.717) is 30.4 Å². The predicted molar refractivity (Wildman–Crippen MR) is 138 cm³/mol. The van der Waals surface area contributed by atoms with E-state index in [1.807, 2.05) is 19.1 Å². The quantitative estimate of drug-likeness (QED) is 0.188. The van der Waals surface area contributed by atoms with E-state index < -0.39 is 0 Å². The van der Waals surface area contributed by atoms with Crippen molar-refractivity contribution >= 4 is 29.9 Å². The predicted octanol–water partition coefficient (Wildman–Crippen LogP) is 4.04. The lowest BCUT2D eigenvalue weighted by molar-refractivity contribution is 0.282. The highest BCUT2D eigenvalue weighted by Gasteiger charge is 2.14. The van der Waals surface area contributed by atoms with Crippen molar-refractivity contribution in [1.82, 2.24) is 15.5 Å². The van der Waals surface area contributed by atoms with Crippen LogP contribution in [-0.4, -0.2) is 64.4 Å². The number of aliphatic imine (C=N–C) groups is 1. The molecule has 1 aromatic carbocycles. The minimum atomic E-state index is 0. The summed E-state index contributed by atoms with van der Waals surface area (Å²) in [5, 5.41) is 6.79. The molecule has 0 unspecified atom stereocenters. The number of ether oxygens (including phenoxy) is 3. The number of methoxy groups -OCH3 is 2. The standard InChI is InChI=1S/C23H40N4O3.HI/c1-5-24-23(25-12-11-15-27-13-9-7-8-10-14-27)26-18-19-16-20(28-3)22(30-6-2)21(17-19)29-4;/h16-17H,5-15,18H2,1-4H3,(H2,24,25,26);1H. The van der Waals surface area contributed by atoms with Gasteiger partial charge in [0.15, 0.2) is 17.5 Å². The summed E-state index contributed by atoms with van der Waals surface area (Å²) in [7, 11) is 3.28. The molecule has 0 radical (unpaired) electrons. The van der Waals surface area contributed by atoms with E-state index in [9.17, 15) is 0 Å². The molecule has 0 atom stereocenters. The van der Waals surface area contributed by atoms with Gasteiger partial charge in [0.05, 0.1) is 27.4 Å². The van der Waals surface area contributed by atoms with Gasteiger partial charge in [0.25, 0.3) is 0 Å². The molecular weight excluding hydrogens is 507 g/mol. The smallest absolute Gasteiger partial charge is 0.203 e. The van der Waals surface area contributed by atoms with Crippen molar-refractivity contribution in [3.05, 3.63) is 17.7 Å². The van der Waals surface area contributed by atoms with E-state index in [0.717, 1.165) is 37.6 Å². The third kappa shape index (κ3) is 9.72. The van der Waals surface area contributed by atoms with Gasteiger partial charge in [0.2, 0.25) is 5.75 Å². The average molecular weight is 549 g/mol. The molecule has 1 aliphatic rings. The highest BCUT2D eigenvalue weighted by molar-refractivity contribution is 14.0. The van der Waals surface area contributed by atoms with E-state index in [-0.39, 0.29) is 24.0 Å². The van der Waals surface area contributed by atoms with Gasteiger partial charge < -0.3 is 29.7 Å². The maximum atomic E-state index is 5.68. The molecule has 0 aromatic heterocycles. The first-order valence-corrected chi connectivity index (χ1v) is 11.3. The fourth-order valence-electron chi connectivity index (χ4n) is 3.69. The molecule has 31 heavy (non-hydrogen) atoms. The molecule has 1 saturated heterocycles. The number of hydrogen-bond donors (Lipinski definition) is 2. The molecule has 0 spiro atoms. The van der Waals surface area contributed by atoms with Crippen molar-refractivity contribution in [1.29, 1.82) is 0 Å². The van der Waals surface area contributed by atoms with E-state index in [2.05, 4.69) is 22.5 Å². The first-order valence-electron chi connectivity index (χ1n) is 11.3. The third-order valence-corrected chi connectivity index (χ3v) is 5.22. The van der Waals surface area contributed by atoms with Gasteiger partial charge in [0, 0.05) is 13.1 Å². The summed E-state index contributed by atoms with van der Waals surface area (Å²) in [4.78, 5) is 7.33. The second-order valence-corrected chi connectivity index (χ2v) is 7.49. The molecule has 2 rings (SSSR count). The minimum absolute atomic E-state index is 0. The van der Waals surface area contributed by atoms with Gasteiger partial charge in [-0.1, -0.05) is 12.8 Å². The molecule has 178 valence electrons. The van der Waals surface area contributed by atoms with Gasteiger partial charge in [-0.15, -0.1) is 24.0 Å². The van der Waals surface area contributed by atoms with Crippen LogP contribution in [0.25, 0.3) is 0 Å². The second kappa shape index (κ2) is 16.2. The summed E-state index contributed by atoms with van der Waals surface area (Å²) in [6.45, 7) is 10.5.